The minimum Gasteiger partial charge on any atom is -0.388 e. The van der Waals surface area contributed by atoms with Crippen LogP contribution in [0.1, 0.15) is 38.8 Å². The molecule has 0 aliphatic rings. The third-order valence-electron chi connectivity index (χ3n) is 3.85. The predicted octanol–water partition coefficient (Wildman–Crippen LogP) is 4.24. The summed E-state index contributed by atoms with van der Waals surface area (Å²) in [6.45, 7) is 9.45. The van der Waals surface area contributed by atoms with E-state index in [0.717, 1.165) is 23.0 Å². The highest BCUT2D eigenvalue weighted by molar-refractivity contribution is 7.84. The van der Waals surface area contributed by atoms with Crippen LogP contribution in [0.15, 0.2) is 42.7 Å². The second kappa shape index (κ2) is 11.4. The van der Waals surface area contributed by atoms with Crippen LogP contribution >= 0.6 is 11.6 Å². The number of aromatic nitrogens is 2. The maximum atomic E-state index is 12.7. The average Bonchev–Trinajstić information content (AvgIpc) is 3.06. The van der Waals surface area contributed by atoms with E-state index in [9.17, 15) is 9.00 Å². The van der Waals surface area contributed by atoms with E-state index in [1.165, 1.54) is 0 Å². The zero-order valence-corrected chi connectivity index (χ0v) is 19.4. The SMILES string of the molecule is C=C(C=O)CC(NS(=O)C(C)(C)C)c1cccc(Cl)c1-c1cnn(C)c1.COC. The minimum absolute atomic E-state index is 0.332. The van der Waals surface area contributed by atoms with Crippen molar-refractivity contribution in [1.29, 1.82) is 0 Å². The molecule has 0 aliphatic carbocycles. The molecule has 160 valence electrons. The first-order valence-corrected chi connectivity index (χ1v) is 10.6. The van der Waals surface area contributed by atoms with Crippen molar-refractivity contribution < 1.29 is 13.7 Å². The number of hydrogen-bond acceptors (Lipinski definition) is 4. The molecular weight excluding hydrogens is 410 g/mol. The zero-order chi connectivity index (χ0) is 22.2. The van der Waals surface area contributed by atoms with Crippen molar-refractivity contribution in [2.75, 3.05) is 14.2 Å². The Morgan fingerprint density at radius 2 is 2.03 bits per heavy atom. The number of halogens is 1. The number of nitrogens with zero attached hydrogens (tertiary/aromatic N) is 2. The van der Waals surface area contributed by atoms with Gasteiger partial charge in [-0.05, 0) is 44.4 Å². The molecule has 1 N–H and O–H groups in total. The molecule has 2 aromatic rings. The molecule has 2 atom stereocenters. The Hall–Kier alpha value is -1.80. The lowest BCUT2D eigenvalue weighted by Crippen LogP contribution is -2.36. The number of methoxy groups -OCH3 is 1. The van der Waals surface area contributed by atoms with Gasteiger partial charge in [0.05, 0.1) is 21.9 Å². The lowest BCUT2D eigenvalue weighted by Gasteiger charge is -2.26. The molecular formula is C21H30ClN3O3S. The van der Waals surface area contributed by atoms with Gasteiger partial charge in [0, 0.05) is 49.7 Å². The van der Waals surface area contributed by atoms with Gasteiger partial charge in [0.15, 0.2) is 0 Å². The van der Waals surface area contributed by atoms with E-state index in [4.69, 9.17) is 11.6 Å². The van der Waals surface area contributed by atoms with Crippen LogP contribution in [0.3, 0.4) is 0 Å². The van der Waals surface area contributed by atoms with Gasteiger partial charge in [-0.2, -0.15) is 5.10 Å². The third-order valence-corrected chi connectivity index (χ3v) is 5.78. The molecule has 29 heavy (non-hydrogen) atoms. The second-order valence-corrected chi connectivity index (χ2v) is 9.95. The smallest absolute Gasteiger partial charge is 0.145 e. The monoisotopic (exact) mass is 439 g/mol. The molecule has 0 saturated carbocycles. The summed E-state index contributed by atoms with van der Waals surface area (Å²) < 4.78 is 21.3. The fraction of sp³-hybridized carbons (Fsp3) is 0.429. The van der Waals surface area contributed by atoms with Crippen molar-refractivity contribution in [2.24, 2.45) is 7.05 Å². The molecule has 0 amide bonds. The van der Waals surface area contributed by atoms with Gasteiger partial charge in [-0.3, -0.25) is 9.48 Å². The molecule has 0 fully saturated rings. The van der Waals surface area contributed by atoms with Crippen LogP contribution in [-0.4, -0.2) is 39.2 Å². The van der Waals surface area contributed by atoms with Crippen LogP contribution in [-0.2, 0) is 27.6 Å². The van der Waals surface area contributed by atoms with Gasteiger partial charge in [-0.25, -0.2) is 8.93 Å². The fourth-order valence-corrected chi connectivity index (χ4v) is 3.63. The van der Waals surface area contributed by atoms with E-state index < -0.39 is 15.7 Å². The summed E-state index contributed by atoms with van der Waals surface area (Å²) in [7, 11) is 3.76. The zero-order valence-electron chi connectivity index (χ0n) is 17.9. The predicted molar refractivity (Wildman–Crippen MR) is 120 cm³/mol. The summed E-state index contributed by atoms with van der Waals surface area (Å²) in [5, 5.41) is 4.79. The summed E-state index contributed by atoms with van der Waals surface area (Å²) in [6, 6.07) is 5.20. The summed E-state index contributed by atoms with van der Waals surface area (Å²) >= 11 is 6.48. The first-order chi connectivity index (χ1) is 13.5. The van der Waals surface area contributed by atoms with E-state index in [1.807, 2.05) is 46.1 Å². The van der Waals surface area contributed by atoms with Crippen LogP contribution < -0.4 is 4.72 Å². The number of hydrogen-bond donors (Lipinski definition) is 1. The Balaban J connectivity index is 0.00000132. The summed E-state index contributed by atoms with van der Waals surface area (Å²) in [5.74, 6) is 0. The van der Waals surface area contributed by atoms with Crippen molar-refractivity contribution in [3.8, 4) is 11.1 Å². The van der Waals surface area contributed by atoms with Crippen LogP contribution in [0.4, 0.5) is 0 Å². The van der Waals surface area contributed by atoms with Gasteiger partial charge < -0.3 is 4.74 Å². The summed E-state index contributed by atoms with van der Waals surface area (Å²) in [4.78, 5) is 11.1. The van der Waals surface area contributed by atoms with E-state index in [0.29, 0.717) is 17.0 Å². The van der Waals surface area contributed by atoms with Crippen molar-refractivity contribution in [2.45, 2.75) is 38.0 Å². The molecule has 0 saturated heterocycles. The molecule has 0 spiro atoms. The topological polar surface area (TPSA) is 73.2 Å². The van der Waals surface area contributed by atoms with Crippen LogP contribution in [0, 0.1) is 0 Å². The molecule has 1 aromatic heterocycles. The Bertz CT molecular complexity index is 859. The number of carbonyl (C=O) groups excluding carboxylic acids is 1. The number of ether oxygens (including phenoxy) is 1. The average molecular weight is 440 g/mol. The van der Waals surface area contributed by atoms with Gasteiger partial charge in [0.25, 0.3) is 0 Å². The molecule has 2 rings (SSSR count). The quantitative estimate of drug-likeness (QED) is 0.517. The number of aldehydes is 1. The van der Waals surface area contributed by atoms with Gasteiger partial charge in [-0.1, -0.05) is 30.3 Å². The number of nitrogens with one attached hydrogen (secondary N) is 1. The Morgan fingerprint density at radius 1 is 1.41 bits per heavy atom. The number of aryl methyl sites for hydroxylation is 1. The van der Waals surface area contributed by atoms with Crippen LogP contribution in [0.2, 0.25) is 5.02 Å². The minimum atomic E-state index is -1.32. The lowest BCUT2D eigenvalue weighted by atomic mass is 9.93. The van der Waals surface area contributed by atoms with Crippen molar-refractivity contribution in [3.63, 3.8) is 0 Å². The van der Waals surface area contributed by atoms with Crippen LogP contribution in [0.25, 0.3) is 11.1 Å². The molecule has 0 bridgehead atoms. The van der Waals surface area contributed by atoms with E-state index in [-0.39, 0.29) is 6.04 Å². The molecule has 6 nitrogen and oxygen atoms in total. The molecule has 1 aromatic carbocycles. The number of carbonyl (C=O) groups is 1. The summed E-state index contributed by atoms with van der Waals surface area (Å²) in [6.07, 6.45) is 4.66. The number of benzene rings is 1. The molecule has 2 unspecified atom stereocenters. The van der Waals surface area contributed by atoms with E-state index in [1.54, 1.807) is 31.2 Å². The first-order valence-electron chi connectivity index (χ1n) is 9.03. The molecule has 1 heterocycles. The lowest BCUT2D eigenvalue weighted by molar-refractivity contribution is -0.105. The standard InChI is InChI=1S/C19H24ClN3O2S.C2H6O/c1-13(12-24)9-17(22-26(25)19(2,3)4)15-7-6-8-16(20)18(15)14-10-21-23(5)11-14;1-3-2/h6-8,10-12,17,22H,1,9H2,2-5H3;1-2H3. The Kier molecular flexibility index (Phi) is 9.92. The number of rotatable bonds is 7. The normalized spacial score (nSPS) is 13.2. The van der Waals surface area contributed by atoms with Gasteiger partial charge in [-0.15, -0.1) is 0 Å². The molecule has 0 radical (unpaired) electrons. The largest absolute Gasteiger partial charge is 0.388 e. The summed E-state index contributed by atoms with van der Waals surface area (Å²) in [5.41, 5.74) is 2.94. The highest BCUT2D eigenvalue weighted by Crippen LogP contribution is 2.36. The molecule has 8 heteroatoms. The van der Waals surface area contributed by atoms with Gasteiger partial charge in [0.2, 0.25) is 0 Å². The maximum absolute atomic E-state index is 12.7. The Morgan fingerprint density at radius 3 is 2.52 bits per heavy atom. The van der Waals surface area contributed by atoms with Gasteiger partial charge in [0.1, 0.15) is 6.29 Å². The Labute approximate surface area is 180 Å². The van der Waals surface area contributed by atoms with E-state index >= 15 is 0 Å². The maximum Gasteiger partial charge on any atom is 0.145 e. The third kappa shape index (κ3) is 7.51. The first kappa shape index (κ1) is 25.2. The molecule has 0 aliphatic heterocycles. The highest BCUT2D eigenvalue weighted by atomic mass is 35.5. The van der Waals surface area contributed by atoms with E-state index in [2.05, 4.69) is 21.1 Å². The highest BCUT2D eigenvalue weighted by Gasteiger charge is 2.26. The fourth-order valence-electron chi connectivity index (χ4n) is 2.52. The van der Waals surface area contributed by atoms with Gasteiger partial charge >= 0.3 is 0 Å². The van der Waals surface area contributed by atoms with Crippen LogP contribution in [0.5, 0.6) is 0 Å². The van der Waals surface area contributed by atoms with Crippen molar-refractivity contribution >= 4 is 28.9 Å². The van der Waals surface area contributed by atoms with Crippen molar-refractivity contribution in [1.82, 2.24) is 14.5 Å². The van der Waals surface area contributed by atoms with Crippen molar-refractivity contribution in [3.05, 3.63) is 53.3 Å². The second-order valence-electron chi connectivity index (χ2n) is 7.55.